The Hall–Kier alpha value is -0.630. The Balaban J connectivity index is 2.22. The number of hydrogen-bond donors (Lipinski definition) is 1. The largest absolute Gasteiger partial charge is 0.384 e. The molecular weight excluding hydrogens is 190 g/mol. The standard InChI is InChI=1S/C11H21N3O/c1-13-11(7-12)8-14-5-3-10(4-6-14)9-15-2/h10-11,13H,3-6,8-9H2,1-2H3. The molecule has 1 N–H and O–H groups in total. The lowest BCUT2D eigenvalue weighted by atomic mass is 9.97. The average Bonchev–Trinajstić information content (AvgIpc) is 2.28. The van der Waals surface area contributed by atoms with Gasteiger partial charge in [0.25, 0.3) is 0 Å². The quantitative estimate of drug-likeness (QED) is 0.717. The van der Waals surface area contributed by atoms with Crippen LogP contribution in [0, 0.1) is 17.2 Å². The zero-order valence-electron chi connectivity index (χ0n) is 9.70. The van der Waals surface area contributed by atoms with Gasteiger partial charge in [-0.2, -0.15) is 5.26 Å². The van der Waals surface area contributed by atoms with Crippen LogP contribution >= 0.6 is 0 Å². The summed E-state index contributed by atoms with van der Waals surface area (Å²) in [6, 6.07) is 2.22. The first-order valence-corrected chi connectivity index (χ1v) is 5.58. The molecule has 1 heterocycles. The number of likely N-dealkylation sites (N-methyl/N-ethyl adjacent to an activating group) is 1. The van der Waals surface area contributed by atoms with E-state index in [1.807, 2.05) is 7.05 Å². The lowest BCUT2D eigenvalue weighted by molar-refractivity contribution is 0.0979. The Bertz CT molecular complexity index is 206. The molecule has 0 aromatic rings. The summed E-state index contributed by atoms with van der Waals surface area (Å²) in [7, 11) is 3.60. The number of rotatable bonds is 5. The molecule has 0 spiro atoms. The molecule has 0 aromatic heterocycles. The van der Waals surface area contributed by atoms with Gasteiger partial charge in [-0.1, -0.05) is 0 Å². The molecule has 1 saturated heterocycles. The van der Waals surface area contributed by atoms with Gasteiger partial charge in [0.15, 0.2) is 0 Å². The summed E-state index contributed by atoms with van der Waals surface area (Å²) < 4.78 is 5.16. The minimum absolute atomic E-state index is 0.0380. The van der Waals surface area contributed by atoms with Crippen molar-refractivity contribution in [1.29, 1.82) is 5.26 Å². The van der Waals surface area contributed by atoms with Gasteiger partial charge in [-0.25, -0.2) is 0 Å². The maximum atomic E-state index is 8.83. The van der Waals surface area contributed by atoms with Crippen molar-refractivity contribution in [2.24, 2.45) is 5.92 Å². The Labute approximate surface area is 92.2 Å². The van der Waals surface area contributed by atoms with Crippen molar-refractivity contribution in [3.8, 4) is 6.07 Å². The number of nitrogens with zero attached hydrogens (tertiary/aromatic N) is 2. The lowest BCUT2D eigenvalue weighted by Gasteiger charge is -2.32. The van der Waals surface area contributed by atoms with E-state index in [2.05, 4.69) is 16.3 Å². The highest BCUT2D eigenvalue weighted by molar-refractivity contribution is 4.91. The minimum Gasteiger partial charge on any atom is -0.384 e. The van der Waals surface area contributed by atoms with E-state index in [1.165, 1.54) is 12.8 Å². The Morgan fingerprint density at radius 2 is 2.20 bits per heavy atom. The maximum Gasteiger partial charge on any atom is 0.108 e. The van der Waals surface area contributed by atoms with E-state index >= 15 is 0 Å². The van der Waals surface area contributed by atoms with E-state index in [4.69, 9.17) is 10.00 Å². The molecule has 4 heteroatoms. The van der Waals surface area contributed by atoms with Crippen LogP contribution in [0.25, 0.3) is 0 Å². The molecule has 0 aliphatic carbocycles. The van der Waals surface area contributed by atoms with Crippen molar-refractivity contribution < 1.29 is 4.74 Å². The van der Waals surface area contributed by atoms with Gasteiger partial charge < -0.3 is 15.0 Å². The van der Waals surface area contributed by atoms with Gasteiger partial charge in [-0.3, -0.25) is 0 Å². The van der Waals surface area contributed by atoms with Crippen LogP contribution in [-0.2, 0) is 4.74 Å². The van der Waals surface area contributed by atoms with E-state index in [0.717, 1.165) is 26.2 Å². The first-order valence-electron chi connectivity index (χ1n) is 5.58. The topological polar surface area (TPSA) is 48.3 Å². The van der Waals surface area contributed by atoms with Crippen LogP contribution in [0.15, 0.2) is 0 Å². The number of ether oxygens (including phenoxy) is 1. The fraction of sp³-hybridized carbons (Fsp3) is 0.909. The van der Waals surface area contributed by atoms with Crippen LogP contribution in [0.2, 0.25) is 0 Å². The highest BCUT2D eigenvalue weighted by Gasteiger charge is 2.20. The number of nitrogens with one attached hydrogen (secondary N) is 1. The summed E-state index contributed by atoms with van der Waals surface area (Å²) in [6.45, 7) is 3.90. The second kappa shape index (κ2) is 6.78. The first-order chi connectivity index (χ1) is 7.30. The van der Waals surface area contributed by atoms with Crippen molar-refractivity contribution in [3.63, 3.8) is 0 Å². The highest BCUT2D eigenvalue weighted by Crippen LogP contribution is 2.17. The molecular formula is C11H21N3O. The predicted molar refractivity (Wildman–Crippen MR) is 59.5 cm³/mol. The summed E-state index contributed by atoms with van der Waals surface area (Å²) in [6.07, 6.45) is 2.38. The fourth-order valence-electron chi connectivity index (χ4n) is 2.03. The van der Waals surface area contributed by atoms with Crippen LogP contribution in [0.1, 0.15) is 12.8 Å². The lowest BCUT2D eigenvalue weighted by Crippen LogP contribution is -2.43. The third-order valence-electron chi connectivity index (χ3n) is 3.05. The van der Waals surface area contributed by atoms with Crippen molar-refractivity contribution in [1.82, 2.24) is 10.2 Å². The van der Waals surface area contributed by atoms with Crippen LogP contribution < -0.4 is 5.32 Å². The SMILES string of the molecule is CNC(C#N)CN1CCC(COC)CC1. The summed E-state index contributed by atoms with van der Waals surface area (Å²) in [5.74, 6) is 0.710. The molecule has 0 radical (unpaired) electrons. The second-order valence-corrected chi connectivity index (χ2v) is 4.17. The molecule has 4 nitrogen and oxygen atoms in total. The van der Waals surface area contributed by atoms with E-state index in [-0.39, 0.29) is 6.04 Å². The molecule has 1 aliphatic heterocycles. The fourth-order valence-corrected chi connectivity index (χ4v) is 2.03. The van der Waals surface area contributed by atoms with Crippen LogP contribution in [0.4, 0.5) is 0 Å². The summed E-state index contributed by atoms with van der Waals surface area (Å²) in [4.78, 5) is 2.36. The number of piperidine rings is 1. The van der Waals surface area contributed by atoms with Gasteiger partial charge in [0.2, 0.25) is 0 Å². The molecule has 1 atom stereocenters. The zero-order valence-corrected chi connectivity index (χ0v) is 9.70. The van der Waals surface area contributed by atoms with Crippen molar-refractivity contribution in [3.05, 3.63) is 0 Å². The van der Waals surface area contributed by atoms with Crippen molar-refractivity contribution in [2.75, 3.05) is 40.4 Å². The normalized spacial score (nSPS) is 21.1. The van der Waals surface area contributed by atoms with Gasteiger partial charge in [-0.15, -0.1) is 0 Å². The maximum absolute atomic E-state index is 8.83. The predicted octanol–water partition coefficient (Wildman–Crippen LogP) is 0.456. The van der Waals surface area contributed by atoms with Gasteiger partial charge in [0.1, 0.15) is 6.04 Å². The minimum atomic E-state index is -0.0380. The van der Waals surface area contributed by atoms with Crippen LogP contribution in [-0.4, -0.2) is 51.3 Å². The van der Waals surface area contributed by atoms with E-state index in [1.54, 1.807) is 7.11 Å². The monoisotopic (exact) mass is 211 g/mol. The Morgan fingerprint density at radius 1 is 1.53 bits per heavy atom. The molecule has 1 rings (SSSR count). The summed E-state index contributed by atoms with van der Waals surface area (Å²) in [5.41, 5.74) is 0. The molecule has 1 unspecified atom stereocenters. The number of methoxy groups -OCH3 is 1. The number of hydrogen-bond acceptors (Lipinski definition) is 4. The molecule has 0 bridgehead atoms. The van der Waals surface area contributed by atoms with E-state index in [0.29, 0.717) is 5.92 Å². The van der Waals surface area contributed by atoms with Crippen molar-refractivity contribution >= 4 is 0 Å². The highest BCUT2D eigenvalue weighted by atomic mass is 16.5. The van der Waals surface area contributed by atoms with Crippen LogP contribution in [0.5, 0.6) is 0 Å². The molecule has 1 aliphatic rings. The second-order valence-electron chi connectivity index (χ2n) is 4.17. The van der Waals surface area contributed by atoms with Gasteiger partial charge in [-0.05, 0) is 38.9 Å². The van der Waals surface area contributed by atoms with Gasteiger partial charge in [0.05, 0.1) is 6.07 Å². The summed E-state index contributed by atoms with van der Waals surface area (Å²) in [5, 5.41) is 11.8. The van der Waals surface area contributed by atoms with Gasteiger partial charge in [0, 0.05) is 20.3 Å². The number of likely N-dealkylation sites (tertiary alicyclic amines) is 1. The van der Waals surface area contributed by atoms with E-state index in [9.17, 15) is 0 Å². The Kier molecular flexibility index (Phi) is 5.62. The van der Waals surface area contributed by atoms with Crippen molar-refractivity contribution in [2.45, 2.75) is 18.9 Å². The molecule has 0 amide bonds. The zero-order chi connectivity index (χ0) is 11.1. The third-order valence-corrected chi connectivity index (χ3v) is 3.05. The molecule has 0 saturated carbocycles. The molecule has 86 valence electrons. The smallest absolute Gasteiger partial charge is 0.108 e. The Morgan fingerprint density at radius 3 is 2.67 bits per heavy atom. The number of nitriles is 1. The van der Waals surface area contributed by atoms with E-state index < -0.39 is 0 Å². The van der Waals surface area contributed by atoms with Crippen LogP contribution in [0.3, 0.4) is 0 Å². The first kappa shape index (κ1) is 12.4. The summed E-state index contributed by atoms with van der Waals surface area (Å²) >= 11 is 0. The van der Waals surface area contributed by atoms with Gasteiger partial charge >= 0.3 is 0 Å². The molecule has 1 fully saturated rings. The molecule has 0 aromatic carbocycles. The third kappa shape index (κ3) is 4.17. The molecule has 15 heavy (non-hydrogen) atoms. The average molecular weight is 211 g/mol.